The molecule has 1 aromatic carbocycles. The Morgan fingerprint density at radius 3 is 2.78 bits per heavy atom. The molecule has 10 heteroatoms. The lowest BCUT2D eigenvalue weighted by atomic mass is 10.0. The van der Waals surface area contributed by atoms with Gasteiger partial charge < -0.3 is 4.98 Å². The number of carbonyl (C=O) groups is 1. The summed E-state index contributed by atoms with van der Waals surface area (Å²) in [4.78, 5) is 19.7. The quantitative estimate of drug-likeness (QED) is 0.394. The first-order valence-electron chi connectivity index (χ1n) is 7.89. The summed E-state index contributed by atoms with van der Waals surface area (Å²) in [6.45, 7) is 1.65. The second-order valence-electron chi connectivity index (χ2n) is 5.79. The zero-order valence-electron chi connectivity index (χ0n) is 14.0. The van der Waals surface area contributed by atoms with E-state index >= 15 is 0 Å². The van der Waals surface area contributed by atoms with Gasteiger partial charge in [0.15, 0.2) is 5.82 Å². The highest BCUT2D eigenvalue weighted by Gasteiger charge is 2.25. The van der Waals surface area contributed by atoms with Crippen LogP contribution >= 0.6 is 22.6 Å². The van der Waals surface area contributed by atoms with Gasteiger partial charge in [-0.1, -0.05) is 6.92 Å². The Labute approximate surface area is 167 Å². The third kappa shape index (κ3) is 3.95. The predicted molar refractivity (Wildman–Crippen MR) is 106 cm³/mol. The highest BCUT2D eigenvalue weighted by molar-refractivity contribution is 14.1. The van der Waals surface area contributed by atoms with E-state index in [1.165, 1.54) is 6.20 Å². The van der Waals surface area contributed by atoms with Crippen LogP contribution in [0.2, 0.25) is 0 Å². The molecule has 2 aromatic heterocycles. The second kappa shape index (κ2) is 7.50. The van der Waals surface area contributed by atoms with E-state index in [4.69, 9.17) is 0 Å². The molecule has 0 radical (unpaired) electrons. The third-order valence-corrected chi connectivity index (χ3v) is 5.87. The molecule has 0 atom stereocenters. The fourth-order valence-electron chi connectivity index (χ4n) is 2.63. The first-order valence-corrected chi connectivity index (χ1v) is 10.6. The second-order valence-corrected chi connectivity index (χ2v) is 8.87. The van der Waals surface area contributed by atoms with Crippen molar-refractivity contribution < 1.29 is 22.0 Å². The van der Waals surface area contributed by atoms with Gasteiger partial charge in [0.05, 0.1) is 17.0 Å². The zero-order valence-corrected chi connectivity index (χ0v) is 17.0. The lowest BCUT2D eigenvalue weighted by Crippen LogP contribution is -2.18. The highest BCUT2D eigenvalue weighted by atomic mass is 127. The van der Waals surface area contributed by atoms with E-state index in [1.807, 2.05) is 22.6 Å². The monoisotopic (exact) mass is 505 g/mol. The number of halogens is 3. The summed E-state index contributed by atoms with van der Waals surface area (Å²) in [6.07, 6.45) is 3.23. The summed E-state index contributed by atoms with van der Waals surface area (Å²) < 4.78 is 55.7. The van der Waals surface area contributed by atoms with Gasteiger partial charge in [-0.05, 0) is 47.2 Å². The normalized spacial score (nSPS) is 11.7. The SMILES string of the molecule is CCCS(=O)(=O)Nc1ccc(F)c(C(=O)c2c[nH]c3ncc(I)cc23)c1F. The van der Waals surface area contributed by atoms with Gasteiger partial charge in [0.2, 0.25) is 15.8 Å². The molecule has 0 fully saturated rings. The summed E-state index contributed by atoms with van der Waals surface area (Å²) in [5, 5.41) is 0.419. The molecule has 142 valence electrons. The number of H-pyrrole nitrogens is 1. The Morgan fingerprint density at radius 2 is 2.07 bits per heavy atom. The number of fused-ring (bicyclic) bond motifs is 1. The van der Waals surface area contributed by atoms with Gasteiger partial charge in [-0.25, -0.2) is 22.2 Å². The van der Waals surface area contributed by atoms with Crippen molar-refractivity contribution >= 4 is 55.1 Å². The molecule has 0 aliphatic heterocycles. The van der Waals surface area contributed by atoms with Crippen LogP contribution in [0.25, 0.3) is 11.0 Å². The van der Waals surface area contributed by atoms with Gasteiger partial charge in [-0.2, -0.15) is 0 Å². The summed E-state index contributed by atoms with van der Waals surface area (Å²) in [7, 11) is -3.80. The van der Waals surface area contributed by atoms with Crippen LogP contribution in [0.1, 0.15) is 29.3 Å². The fraction of sp³-hybridized carbons (Fsp3) is 0.176. The first-order chi connectivity index (χ1) is 12.7. The number of anilines is 1. The Kier molecular flexibility index (Phi) is 5.47. The van der Waals surface area contributed by atoms with E-state index in [0.29, 0.717) is 17.5 Å². The van der Waals surface area contributed by atoms with Crippen molar-refractivity contribution in [3.05, 3.63) is 56.9 Å². The number of nitrogens with one attached hydrogen (secondary N) is 2. The average Bonchev–Trinajstić information content (AvgIpc) is 3.00. The minimum absolute atomic E-state index is 0.0439. The molecule has 6 nitrogen and oxygen atoms in total. The van der Waals surface area contributed by atoms with Gasteiger partial charge in [0, 0.05) is 26.9 Å². The van der Waals surface area contributed by atoms with E-state index in [0.717, 1.165) is 15.7 Å². The van der Waals surface area contributed by atoms with Gasteiger partial charge >= 0.3 is 0 Å². The lowest BCUT2D eigenvalue weighted by molar-refractivity contribution is 0.103. The van der Waals surface area contributed by atoms with Crippen molar-refractivity contribution in [2.75, 3.05) is 10.5 Å². The van der Waals surface area contributed by atoms with Gasteiger partial charge in [-0.15, -0.1) is 0 Å². The van der Waals surface area contributed by atoms with Gasteiger partial charge in [0.25, 0.3) is 0 Å². The number of benzene rings is 1. The van der Waals surface area contributed by atoms with E-state index in [1.54, 1.807) is 19.2 Å². The Morgan fingerprint density at radius 1 is 1.33 bits per heavy atom. The maximum Gasteiger partial charge on any atom is 0.232 e. The van der Waals surface area contributed by atoms with Crippen LogP contribution in [0.4, 0.5) is 14.5 Å². The van der Waals surface area contributed by atoms with Crippen molar-refractivity contribution in [1.29, 1.82) is 0 Å². The van der Waals surface area contributed by atoms with E-state index in [9.17, 15) is 22.0 Å². The number of ketones is 1. The van der Waals surface area contributed by atoms with Crippen LogP contribution in [0.3, 0.4) is 0 Å². The van der Waals surface area contributed by atoms with Crippen LogP contribution in [0.15, 0.2) is 30.6 Å². The molecule has 0 spiro atoms. The highest BCUT2D eigenvalue weighted by Crippen LogP contribution is 2.27. The van der Waals surface area contributed by atoms with Crippen LogP contribution in [0.5, 0.6) is 0 Å². The molecule has 2 heterocycles. The summed E-state index contributed by atoms with van der Waals surface area (Å²) in [5.74, 6) is -3.47. The molecule has 27 heavy (non-hydrogen) atoms. The van der Waals surface area contributed by atoms with Crippen LogP contribution in [-0.4, -0.2) is 29.9 Å². The molecule has 0 aliphatic carbocycles. The summed E-state index contributed by atoms with van der Waals surface area (Å²) >= 11 is 2.01. The number of hydrogen-bond donors (Lipinski definition) is 2. The smallest absolute Gasteiger partial charge is 0.232 e. The Hall–Kier alpha value is -2.08. The third-order valence-electron chi connectivity index (χ3n) is 3.80. The maximum absolute atomic E-state index is 14.8. The predicted octanol–water partition coefficient (Wildman–Crippen LogP) is 3.83. The molecule has 0 aliphatic rings. The topological polar surface area (TPSA) is 91.9 Å². The number of rotatable bonds is 6. The lowest BCUT2D eigenvalue weighted by Gasteiger charge is -2.11. The average molecular weight is 505 g/mol. The number of nitrogens with zero attached hydrogens (tertiary/aromatic N) is 1. The molecule has 3 rings (SSSR count). The van der Waals surface area contributed by atoms with Crippen LogP contribution < -0.4 is 4.72 Å². The fourth-order valence-corrected chi connectivity index (χ4v) is 4.21. The molecule has 0 saturated heterocycles. The number of pyridine rings is 1. The molecule has 0 saturated carbocycles. The van der Waals surface area contributed by atoms with Gasteiger partial charge in [0.1, 0.15) is 11.5 Å². The maximum atomic E-state index is 14.8. The number of carbonyl (C=O) groups excluding carboxylic acids is 1. The standard InChI is InChI=1S/C17H14F2IN3O3S/c1-2-5-27(25,26)23-13-4-3-12(18)14(15(13)19)16(24)11-8-22-17-10(11)6-9(20)7-21-17/h3-4,6-8,23H,2,5H2,1H3,(H,21,22). The minimum Gasteiger partial charge on any atom is -0.345 e. The van der Waals surface area contributed by atoms with Crippen molar-refractivity contribution in [2.45, 2.75) is 13.3 Å². The molecule has 0 amide bonds. The number of sulfonamides is 1. The van der Waals surface area contributed by atoms with E-state index < -0.39 is 38.7 Å². The summed E-state index contributed by atoms with van der Waals surface area (Å²) in [6, 6.07) is 3.47. The van der Waals surface area contributed by atoms with E-state index in [2.05, 4.69) is 14.7 Å². The largest absolute Gasteiger partial charge is 0.345 e. The molecular formula is C17H14F2IN3O3S. The zero-order chi connectivity index (χ0) is 19.8. The molecule has 2 N–H and O–H groups in total. The van der Waals surface area contributed by atoms with Crippen LogP contribution in [0, 0.1) is 15.2 Å². The number of aromatic amines is 1. The Balaban J connectivity index is 2.09. The van der Waals surface area contributed by atoms with Crippen molar-refractivity contribution in [1.82, 2.24) is 9.97 Å². The summed E-state index contributed by atoms with van der Waals surface area (Å²) in [5.41, 5.74) is -0.853. The first kappa shape index (κ1) is 19.7. The van der Waals surface area contributed by atoms with E-state index in [-0.39, 0.29) is 11.3 Å². The van der Waals surface area contributed by atoms with Crippen molar-refractivity contribution in [3.63, 3.8) is 0 Å². The molecule has 0 bridgehead atoms. The number of aromatic nitrogens is 2. The molecular weight excluding hydrogens is 491 g/mol. The molecule has 0 unspecified atom stereocenters. The number of hydrogen-bond acceptors (Lipinski definition) is 4. The Bertz CT molecular complexity index is 1150. The van der Waals surface area contributed by atoms with Crippen molar-refractivity contribution in [3.8, 4) is 0 Å². The minimum atomic E-state index is -3.80. The van der Waals surface area contributed by atoms with Crippen LogP contribution in [-0.2, 0) is 10.0 Å². The van der Waals surface area contributed by atoms with Gasteiger partial charge in [-0.3, -0.25) is 9.52 Å². The molecule has 3 aromatic rings. The van der Waals surface area contributed by atoms with Crippen molar-refractivity contribution in [2.24, 2.45) is 0 Å².